The van der Waals surface area contributed by atoms with Gasteiger partial charge >= 0.3 is 0 Å². The van der Waals surface area contributed by atoms with Crippen LogP contribution in [0.1, 0.15) is 12.8 Å². The topological polar surface area (TPSA) is 88.7 Å². The molecule has 1 saturated heterocycles. The van der Waals surface area contributed by atoms with Gasteiger partial charge in [-0.05, 0) is 43.2 Å². The van der Waals surface area contributed by atoms with Gasteiger partial charge in [-0.3, -0.25) is 4.68 Å². The maximum atomic E-state index is 6.34. The lowest BCUT2D eigenvalue weighted by molar-refractivity contribution is 0.504. The summed E-state index contributed by atoms with van der Waals surface area (Å²) < 4.78 is 1.89. The molecule has 160 valence electrons. The minimum absolute atomic E-state index is 0.158. The van der Waals surface area contributed by atoms with Crippen molar-refractivity contribution in [2.75, 3.05) is 18.0 Å². The van der Waals surface area contributed by atoms with E-state index in [1.165, 1.54) is 0 Å². The van der Waals surface area contributed by atoms with Gasteiger partial charge < -0.3 is 15.6 Å². The number of hydrogen-bond donors (Lipinski definition) is 2. The van der Waals surface area contributed by atoms with E-state index in [-0.39, 0.29) is 6.04 Å². The zero-order chi connectivity index (χ0) is 21.7. The molecule has 2 aromatic carbocycles. The van der Waals surface area contributed by atoms with Gasteiger partial charge in [0.1, 0.15) is 5.82 Å². The van der Waals surface area contributed by atoms with Gasteiger partial charge in [0.25, 0.3) is 0 Å². The number of nitrogens with one attached hydrogen (secondary N) is 1. The van der Waals surface area contributed by atoms with E-state index >= 15 is 0 Å². The number of aromatic amines is 1. The van der Waals surface area contributed by atoms with Crippen molar-refractivity contribution in [3.63, 3.8) is 0 Å². The first kappa shape index (κ1) is 19.0. The first-order valence-corrected chi connectivity index (χ1v) is 11.0. The van der Waals surface area contributed by atoms with Crippen molar-refractivity contribution in [1.29, 1.82) is 0 Å². The van der Waals surface area contributed by atoms with Crippen molar-refractivity contribution < 1.29 is 0 Å². The van der Waals surface area contributed by atoms with Crippen LogP contribution < -0.4 is 10.6 Å². The Bertz CT molecular complexity index is 1430. The predicted octanol–water partition coefficient (Wildman–Crippen LogP) is 4.11. The molecule has 0 unspecified atom stereocenters. The number of anilines is 1. The highest BCUT2D eigenvalue weighted by Gasteiger charge is 2.22. The lowest BCUT2D eigenvalue weighted by Gasteiger charge is -2.32. The molecule has 5 aromatic rings. The maximum absolute atomic E-state index is 6.34. The molecular formula is C25H25N7. The Morgan fingerprint density at radius 2 is 2.00 bits per heavy atom. The van der Waals surface area contributed by atoms with Gasteiger partial charge in [0.15, 0.2) is 5.82 Å². The van der Waals surface area contributed by atoms with E-state index in [1.54, 1.807) is 0 Å². The van der Waals surface area contributed by atoms with Crippen LogP contribution in [0.25, 0.3) is 44.5 Å². The van der Waals surface area contributed by atoms with E-state index in [0.29, 0.717) is 0 Å². The van der Waals surface area contributed by atoms with Gasteiger partial charge in [-0.15, -0.1) is 0 Å². The molecule has 6 rings (SSSR count). The molecule has 3 aromatic heterocycles. The lowest BCUT2D eigenvalue weighted by Crippen LogP contribution is -2.43. The molecule has 0 spiro atoms. The minimum Gasteiger partial charge on any atom is -0.361 e. The fourth-order valence-electron chi connectivity index (χ4n) is 4.77. The molecule has 32 heavy (non-hydrogen) atoms. The third-order valence-electron chi connectivity index (χ3n) is 6.39. The fourth-order valence-corrected chi connectivity index (χ4v) is 4.77. The standard InChI is InChI=1S/C25H25N7/c1-31-23(10-12-28-31)16-7-8-22-20(14-16)25(32-13-3-4-17(26)15-32)30-24(29-22)19-5-2-6-21-18(19)9-11-27-21/h2,5-12,14,17,27H,3-4,13,15,26H2,1H3/t17-/m1/s1. The summed E-state index contributed by atoms with van der Waals surface area (Å²) >= 11 is 0. The van der Waals surface area contributed by atoms with Crippen LogP contribution in [0.4, 0.5) is 5.82 Å². The molecule has 0 aliphatic carbocycles. The number of benzene rings is 2. The Morgan fingerprint density at radius 1 is 1.06 bits per heavy atom. The highest BCUT2D eigenvalue weighted by Crippen LogP contribution is 2.34. The van der Waals surface area contributed by atoms with Crippen LogP contribution in [0, 0.1) is 0 Å². The van der Waals surface area contributed by atoms with E-state index in [9.17, 15) is 0 Å². The zero-order valence-corrected chi connectivity index (χ0v) is 18.0. The number of piperidine rings is 1. The summed E-state index contributed by atoms with van der Waals surface area (Å²) in [7, 11) is 1.96. The van der Waals surface area contributed by atoms with Crippen LogP contribution in [-0.2, 0) is 7.05 Å². The molecule has 0 bridgehead atoms. The maximum Gasteiger partial charge on any atom is 0.162 e. The molecule has 0 amide bonds. The monoisotopic (exact) mass is 423 g/mol. The number of nitrogens with two attached hydrogens (primary N) is 1. The predicted molar refractivity (Wildman–Crippen MR) is 128 cm³/mol. The van der Waals surface area contributed by atoms with E-state index in [4.69, 9.17) is 15.7 Å². The Morgan fingerprint density at radius 3 is 2.84 bits per heavy atom. The minimum atomic E-state index is 0.158. The molecular weight excluding hydrogens is 398 g/mol. The molecule has 3 N–H and O–H groups in total. The van der Waals surface area contributed by atoms with Crippen LogP contribution in [-0.4, -0.2) is 43.9 Å². The molecule has 0 saturated carbocycles. The van der Waals surface area contributed by atoms with Crippen LogP contribution in [0.5, 0.6) is 0 Å². The van der Waals surface area contributed by atoms with Gasteiger partial charge in [0.05, 0.1) is 11.2 Å². The molecule has 4 heterocycles. The summed E-state index contributed by atoms with van der Waals surface area (Å²) in [5.74, 6) is 1.70. The molecule has 1 aliphatic heterocycles. The van der Waals surface area contributed by atoms with E-state index in [2.05, 4.69) is 51.4 Å². The van der Waals surface area contributed by atoms with Crippen molar-refractivity contribution in [2.45, 2.75) is 18.9 Å². The highest BCUT2D eigenvalue weighted by atomic mass is 15.3. The fraction of sp³-hybridized carbons (Fsp3) is 0.240. The Hall–Kier alpha value is -3.71. The normalized spacial score (nSPS) is 16.8. The second kappa shape index (κ2) is 7.46. The van der Waals surface area contributed by atoms with Gasteiger partial charge in [0.2, 0.25) is 0 Å². The Labute approximate surface area is 185 Å². The SMILES string of the molecule is Cn1nccc1-c1ccc2nc(-c3cccc4[nH]ccc34)nc(N3CCC[C@@H](N)C3)c2c1. The summed E-state index contributed by atoms with van der Waals surface area (Å²) in [6.07, 6.45) is 5.90. The number of rotatable bonds is 3. The number of H-pyrrole nitrogens is 1. The van der Waals surface area contributed by atoms with Gasteiger partial charge in [-0.2, -0.15) is 5.10 Å². The number of fused-ring (bicyclic) bond motifs is 2. The van der Waals surface area contributed by atoms with E-state index < -0.39 is 0 Å². The van der Waals surface area contributed by atoms with Crippen molar-refractivity contribution in [3.05, 3.63) is 60.9 Å². The number of hydrogen-bond acceptors (Lipinski definition) is 5. The number of aryl methyl sites for hydroxylation is 1. The van der Waals surface area contributed by atoms with E-state index in [0.717, 1.165) is 76.2 Å². The quantitative estimate of drug-likeness (QED) is 0.456. The number of nitrogens with zero attached hydrogens (tertiary/aromatic N) is 5. The Balaban J connectivity index is 1.58. The van der Waals surface area contributed by atoms with Crippen LogP contribution in [0.2, 0.25) is 0 Å². The first-order valence-electron chi connectivity index (χ1n) is 11.0. The van der Waals surface area contributed by atoms with Crippen LogP contribution in [0.3, 0.4) is 0 Å². The molecule has 1 atom stereocenters. The first-order chi connectivity index (χ1) is 15.7. The third-order valence-corrected chi connectivity index (χ3v) is 6.39. The van der Waals surface area contributed by atoms with Gasteiger partial charge in [0, 0.05) is 66.0 Å². The average molecular weight is 424 g/mol. The van der Waals surface area contributed by atoms with Crippen molar-refractivity contribution in [3.8, 4) is 22.6 Å². The smallest absolute Gasteiger partial charge is 0.162 e. The Kier molecular flexibility index (Phi) is 4.43. The molecule has 7 heteroatoms. The van der Waals surface area contributed by atoms with Crippen LogP contribution >= 0.6 is 0 Å². The number of aromatic nitrogens is 5. The van der Waals surface area contributed by atoms with Crippen LogP contribution in [0.15, 0.2) is 60.9 Å². The molecule has 7 nitrogen and oxygen atoms in total. The molecule has 1 aliphatic rings. The molecule has 1 fully saturated rings. The van der Waals surface area contributed by atoms with Crippen molar-refractivity contribution >= 4 is 27.6 Å². The highest BCUT2D eigenvalue weighted by molar-refractivity contribution is 5.98. The van der Waals surface area contributed by atoms with Crippen molar-refractivity contribution in [2.24, 2.45) is 12.8 Å². The summed E-state index contributed by atoms with van der Waals surface area (Å²) in [6, 6.07) is 16.9. The summed E-state index contributed by atoms with van der Waals surface area (Å²) in [4.78, 5) is 15.7. The lowest BCUT2D eigenvalue weighted by atomic mass is 10.0. The second-order valence-electron chi connectivity index (χ2n) is 8.54. The zero-order valence-electron chi connectivity index (χ0n) is 18.0. The van der Waals surface area contributed by atoms with Crippen molar-refractivity contribution in [1.82, 2.24) is 24.7 Å². The second-order valence-corrected chi connectivity index (χ2v) is 8.54. The summed E-state index contributed by atoms with van der Waals surface area (Å²) in [5.41, 5.74) is 11.6. The van der Waals surface area contributed by atoms with Gasteiger partial charge in [-0.1, -0.05) is 18.2 Å². The van der Waals surface area contributed by atoms with Gasteiger partial charge in [-0.25, -0.2) is 9.97 Å². The average Bonchev–Trinajstić information content (AvgIpc) is 3.46. The summed E-state index contributed by atoms with van der Waals surface area (Å²) in [5, 5.41) is 6.50. The molecule has 0 radical (unpaired) electrons. The van der Waals surface area contributed by atoms with E-state index in [1.807, 2.05) is 36.3 Å². The third kappa shape index (κ3) is 3.13. The summed E-state index contributed by atoms with van der Waals surface area (Å²) in [6.45, 7) is 1.75. The largest absolute Gasteiger partial charge is 0.361 e.